The fraction of sp³-hybridized carbons (Fsp3) is 0.320. The topological polar surface area (TPSA) is 38.3 Å². The minimum Gasteiger partial charge on any atom is -0.483 e. The molecule has 0 aliphatic carbocycles. The van der Waals surface area contributed by atoms with Gasteiger partial charge in [-0.1, -0.05) is 50.3 Å². The van der Waals surface area contributed by atoms with E-state index in [0.717, 1.165) is 46.6 Å². The maximum atomic E-state index is 12.7. The number of carbonyl (C=O) groups is 1. The lowest BCUT2D eigenvalue weighted by Crippen LogP contribution is -2.31. The Morgan fingerprint density at radius 3 is 2.61 bits per heavy atom. The van der Waals surface area contributed by atoms with Gasteiger partial charge >= 0.3 is 0 Å². The fourth-order valence-corrected chi connectivity index (χ4v) is 3.06. The zero-order chi connectivity index (χ0) is 20.9. The second-order valence-corrected chi connectivity index (χ2v) is 7.54. The maximum absolute atomic E-state index is 12.7. The summed E-state index contributed by atoms with van der Waals surface area (Å²) in [6.07, 6.45) is 11.6. The summed E-state index contributed by atoms with van der Waals surface area (Å²) < 4.78 is 6.22. The highest BCUT2D eigenvalue weighted by molar-refractivity contribution is 6.06. The summed E-state index contributed by atoms with van der Waals surface area (Å²) in [6, 6.07) is 3.96. The number of aryl methyl sites for hydroxylation is 1. The van der Waals surface area contributed by atoms with Gasteiger partial charge in [-0.2, -0.15) is 0 Å². The second-order valence-electron chi connectivity index (χ2n) is 7.54. The maximum Gasteiger partial charge on any atom is 0.255 e. The van der Waals surface area contributed by atoms with Crippen LogP contribution in [0.5, 0.6) is 5.75 Å². The van der Waals surface area contributed by atoms with Crippen LogP contribution in [-0.4, -0.2) is 11.5 Å². The highest BCUT2D eigenvalue weighted by Crippen LogP contribution is 2.36. The Bertz CT molecular complexity index is 886. The Balaban J connectivity index is 2.21. The summed E-state index contributed by atoms with van der Waals surface area (Å²) >= 11 is 0. The van der Waals surface area contributed by atoms with Crippen molar-refractivity contribution in [3.8, 4) is 5.75 Å². The van der Waals surface area contributed by atoms with Gasteiger partial charge in [-0.05, 0) is 69.5 Å². The Kier molecular flexibility index (Phi) is 6.85. The van der Waals surface area contributed by atoms with Crippen molar-refractivity contribution < 1.29 is 9.53 Å². The van der Waals surface area contributed by atoms with Crippen LogP contribution in [0.4, 0.5) is 5.69 Å². The molecule has 3 nitrogen and oxygen atoms in total. The molecule has 2 rings (SSSR count). The lowest BCUT2D eigenvalue weighted by atomic mass is 9.94. The summed E-state index contributed by atoms with van der Waals surface area (Å²) in [5, 5.41) is 3.01. The number of ether oxygens (including phenoxy) is 1. The lowest BCUT2D eigenvalue weighted by Gasteiger charge is -2.32. The number of anilines is 1. The Morgan fingerprint density at radius 2 is 2.00 bits per heavy atom. The Morgan fingerprint density at radius 1 is 1.29 bits per heavy atom. The van der Waals surface area contributed by atoms with Crippen molar-refractivity contribution in [3.63, 3.8) is 0 Å². The van der Waals surface area contributed by atoms with Crippen LogP contribution < -0.4 is 10.1 Å². The van der Waals surface area contributed by atoms with Crippen LogP contribution in [0.15, 0.2) is 66.3 Å². The first-order valence-electron chi connectivity index (χ1n) is 9.72. The van der Waals surface area contributed by atoms with E-state index in [0.29, 0.717) is 5.57 Å². The highest BCUT2D eigenvalue weighted by atomic mass is 16.5. The molecular formula is C25H31NO2. The SMILES string of the molecule is C=C(C)C(=C)/C=C\C(=C/C)C(=O)Nc1cc2c(cc1C)OC(C)(CCC)C=C2. The molecule has 0 saturated carbocycles. The molecule has 1 N–H and O–H groups in total. The van der Waals surface area contributed by atoms with Crippen molar-refractivity contribution in [1.82, 2.24) is 0 Å². The number of fused-ring (bicyclic) bond motifs is 1. The van der Waals surface area contributed by atoms with Gasteiger partial charge in [0.25, 0.3) is 5.91 Å². The number of rotatable bonds is 7. The average Bonchev–Trinajstić information content (AvgIpc) is 2.62. The van der Waals surface area contributed by atoms with E-state index in [4.69, 9.17) is 4.74 Å². The minimum absolute atomic E-state index is 0.159. The molecule has 0 fully saturated rings. The third-order valence-electron chi connectivity index (χ3n) is 4.90. The third-order valence-corrected chi connectivity index (χ3v) is 4.90. The van der Waals surface area contributed by atoms with E-state index < -0.39 is 0 Å². The van der Waals surface area contributed by atoms with Gasteiger partial charge in [0.2, 0.25) is 0 Å². The summed E-state index contributed by atoms with van der Waals surface area (Å²) in [7, 11) is 0. The van der Waals surface area contributed by atoms with Gasteiger partial charge in [-0.15, -0.1) is 0 Å². The molecular weight excluding hydrogens is 346 g/mol. The van der Waals surface area contributed by atoms with E-state index >= 15 is 0 Å². The number of amides is 1. The van der Waals surface area contributed by atoms with Crippen molar-refractivity contribution in [3.05, 3.63) is 77.4 Å². The molecule has 1 heterocycles. The minimum atomic E-state index is -0.270. The number of allylic oxidation sites excluding steroid dienone is 4. The fourth-order valence-electron chi connectivity index (χ4n) is 3.06. The standard InChI is InChI=1S/C25H31NO2/c1-8-13-25(7)14-12-21-16-22(19(6)15-23(21)28-25)26-24(27)20(9-2)11-10-18(5)17(3)4/h9-12,14-16H,3,5,8,13H2,1-2,4,6-7H3,(H,26,27)/b11-10-,20-9+. The molecule has 0 saturated heterocycles. The number of hydrogen-bond acceptors (Lipinski definition) is 2. The summed E-state index contributed by atoms with van der Waals surface area (Å²) in [5.74, 6) is 0.700. The summed E-state index contributed by atoms with van der Waals surface area (Å²) in [5.41, 5.74) is 4.70. The van der Waals surface area contributed by atoms with Gasteiger partial charge < -0.3 is 10.1 Å². The highest BCUT2D eigenvalue weighted by Gasteiger charge is 2.27. The zero-order valence-corrected chi connectivity index (χ0v) is 17.7. The van der Waals surface area contributed by atoms with Crippen molar-refractivity contribution >= 4 is 17.7 Å². The number of carbonyl (C=O) groups excluding carboxylic acids is 1. The molecule has 1 aromatic rings. The molecule has 0 aromatic heterocycles. The monoisotopic (exact) mass is 377 g/mol. The largest absolute Gasteiger partial charge is 0.483 e. The van der Waals surface area contributed by atoms with Crippen LogP contribution in [0.3, 0.4) is 0 Å². The van der Waals surface area contributed by atoms with E-state index in [2.05, 4.69) is 44.5 Å². The molecule has 1 atom stereocenters. The first-order valence-corrected chi connectivity index (χ1v) is 9.72. The van der Waals surface area contributed by atoms with Crippen LogP contribution in [0.25, 0.3) is 6.08 Å². The van der Waals surface area contributed by atoms with Crippen LogP contribution in [0, 0.1) is 6.92 Å². The van der Waals surface area contributed by atoms with Gasteiger partial charge in [-0.3, -0.25) is 4.79 Å². The summed E-state index contributed by atoms with van der Waals surface area (Å²) in [6.45, 7) is 17.7. The average molecular weight is 378 g/mol. The van der Waals surface area contributed by atoms with Gasteiger partial charge in [0, 0.05) is 16.8 Å². The second kappa shape index (κ2) is 8.92. The molecule has 0 spiro atoms. The van der Waals surface area contributed by atoms with Crippen LogP contribution in [0.1, 0.15) is 51.7 Å². The molecule has 0 radical (unpaired) electrons. The molecule has 1 aliphatic rings. The van der Waals surface area contributed by atoms with Crippen molar-refractivity contribution in [2.24, 2.45) is 0 Å². The first kappa shape index (κ1) is 21.5. The molecule has 148 valence electrons. The third kappa shape index (κ3) is 5.13. The van der Waals surface area contributed by atoms with Gasteiger partial charge in [0.05, 0.1) is 0 Å². The Labute approximate surface area is 169 Å². The normalized spacial score (nSPS) is 18.5. The molecule has 28 heavy (non-hydrogen) atoms. The van der Waals surface area contributed by atoms with Crippen molar-refractivity contribution in [1.29, 1.82) is 0 Å². The van der Waals surface area contributed by atoms with E-state index in [1.165, 1.54) is 0 Å². The number of nitrogens with one attached hydrogen (secondary N) is 1. The number of hydrogen-bond donors (Lipinski definition) is 1. The molecule has 0 bridgehead atoms. The van der Waals surface area contributed by atoms with Gasteiger partial charge in [-0.25, -0.2) is 0 Å². The van der Waals surface area contributed by atoms with E-state index in [-0.39, 0.29) is 11.5 Å². The predicted molar refractivity (Wildman–Crippen MR) is 120 cm³/mol. The quantitative estimate of drug-likeness (QED) is 0.433. The molecule has 1 unspecified atom stereocenters. The lowest BCUT2D eigenvalue weighted by molar-refractivity contribution is -0.112. The van der Waals surface area contributed by atoms with E-state index in [9.17, 15) is 4.79 Å². The van der Waals surface area contributed by atoms with Crippen LogP contribution in [-0.2, 0) is 4.79 Å². The van der Waals surface area contributed by atoms with Gasteiger partial charge in [0.1, 0.15) is 11.4 Å². The smallest absolute Gasteiger partial charge is 0.255 e. The Hall–Kier alpha value is -2.81. The molecule has 1 aromatic carbocycles. The predicted octanol–water partition coefficient (Wildman–Crippen LogP) is 6.53. The number of benzene rings is 1. The zero-order valence-electron chi connectivity index (χ0n) is 17.7. The van der Waals surface area contributed by atoms with E-state index in [1.54, 1.807) is 12.2 Å². The molecule has 1 aliphatic heterocycles. The molecule has 3 heteroatoms. The van der Waals surface area contributed by atoms with Crippen LogP contribution in [0.2, 0.25) is 0 Å². The summed E-state index contributed by atoms with van der Waals surface area (Å²) in [4.78, 5) is 12.7. The first-order chi connectivity index (χ1) is 13.2. The van der Waals surface area contributed by atoms with E-state index in [1.807, 2.05) is 39.0 Å². The van der Waals surface area contributed by atoms with Crippen molar-refractivity contribution in [2.45, 2.75) is 53.1 Å². The van der Waals surface area contributed by atoms with Crippen LogP contribution >= 0.6 is 0 Å². The van der Waals surface area contributed by atoms with Gasteiger partial charge in [0.15, 0.2) is 0 Å². The van der Waals surface area contributed by atoms with Crippen molar-refractivity contribution in [2.75, 3.05) is 5.32 Å². The molecule has 1 amide bonds.